The number of esters is 1. The predicted octanol–water partition coefficient (Wildman–Crippen LogP) is 7.23. The molecule has 0 saturated heterocycles. The minimum Gasteiger partial charge on any atom is -0.493 e. The van der Waals surface area contributed by atoms with E-state index in [0.29, 0.717) is 45.9 Å². The van der Waals surface area contributed by atoms with Crippen LogP contribution in [0.5, 0.6) is 17.2 Å². The van der Waals surface area contributed by atoms with E-state index in [1.165, 1.54) is 0 Å². The topological polar surface area (TPSA) is 166 Å². The lowest BCUT2D eigenvalue weighted by Gasteiger charge is -2.12. The van der Waals surface area contributed by atoms with Gasteiger partial charge < -0.3 is 33.4 Å². The summed E-state index contributed by atoms with van der Waals surface area (Å²) in [5.41, 5.74) is 2.18. The first-order chi connectivity index (χ1) is 23.1. The molecule has 0 saturated carbocycles. The molecule has 14 nitrogen and oxygen atoms in total. The summed E-state index contributed by atoms with van der Waals surface area (Å²) in [5, 5.41) is 17.5. The maximum absolute atomic E-state index is 11.3. The summed E-state index contributed by atoms with van der Waals surface area (Å²) in [4.78, 5) is 30.3. The zero-order valence-corrected chi connectivity index (χ0v) is 29.6. The predicted molar refractivity (Wildman–Crippen MR) is 184 cm³/mol. The van der Waals surface area contributed by atoms with Gasteiger partial charge in [-0.25, -0.2) is 9.78 Å². The number of methoxy groups -OCH3 is 3. The maximum Gasteiger partial charge on any atom is 0.411 e. The Bertz CT molecular complexity index is 1920. The summed E-state index contributed by atoms with van der Waals surface area (Å²) in [5.74, 6) is 2.03. The Morgan fingerprint density at radius 2 is 1.65 bits per heavy atom. The number of ether oxygens (including phenoxy) is 4. The van der Waals surface area contributed by atoms with Crippen LogP contribution in [-0.4, -0.2) is 58.5 Å². The Labute approximate surface area is 292 Å². The molecule has 0 fully saturated rings. The first-order valence-corrected chi connectivity index (χ1v) is 15.7. The zero-order chi connectivity index (χ0) is 34.8. The van der Waals surface area contributed by atoms with Crippen LogP contribution in [-0.2, 0) is 9.53 Å². The van der Waals surface area contributed by atoms with Crippen LogP contribution >= 0.6 is 31.9 Å². The molecule has 0 unspecified atom stereocenters. The minimum atomic E-state index is -0.970. The van der Waals surface area contributed by atoms with Gasteiger partial charge in [0, 0.05) is 20.7 Å². The second kappa shape index (κ2) is 16.6. The summed E-state index contributed by atoms with van der Waals surface area (Å²) in [7, 11) is 4.66. The smallest absolute Gasteiger partial charge is 0.411 e. The number of nitro groups is 1. The molecule has 3 aromatic carbocycles. The van der Waals surface area contributed by atoms with Crippen molar-refractivity contribution >= 4 is 43.5 Å². The molecule has 5 aromatic rings. The van der Waals surface area contributed by atoms with E-state index in [2.05, 4.69) is 57.0 Å². The number of aryl methyl sites for hydroxylation is 1. The van der Waals surface area contributed by atoms with Crippen LogP contribution in [0.2, 0.25) is 0 Å². The second-order valence-corrected chi connectivity index (χ2v) is 11.2. The standard InChI is InChI=1S/C21H19BrN4O4.C11H11BrN2O4/c1-12-23-15(11-26(12)16-8-6-5-7-14(16)22)21-24-20(25-30-21)13-9-17(27-2)19(29-4)18(10-13)28-3;1-2-18-11(15)10(14(16)17)7-13-9-6-4-3-5-8(9)12/h5-11H,1-4H3;3-7,13H,2H2,1H3. The average molecular weight is 786 g/mol. The fourth-order valence-corrected chi connectivity index (χ4v) is 5.11. The highest BCUT2D eigenvalue weighted by molar-refractivity contribution is 9.11. The van der Waals surface area contributed by atoms with Gasteiger partial charge in [0.1, 0.15) is 11.5 Å². The monoisotopic (exact) mass is 784 g/mol. The second-order valence-electron chi connectivity index (χ2n) is 9.46. The summed E-state index contributed by atoms with van der Waals surface area (Å²) in [6.45, 7) is 3.58. The van der Waals surface area contributed by atoms with Gasteiger partial charge in [-0.1, -0.05) is 29.4 Å². The molecule has 48 heavy (non-hydrogen) atoms. The zero-order valence-electron chi connectivity index (χ0n) is 26.4. The maximum atomic E-state index is 11.3. The van der Waals surface area contributed by atoms with Gasteiger partial charge in [0.25, 0.3) is 5.89 Å². The number of nitrogens with zero attached hydrogens (tertiary/aromatic N) is 5. The number of hydrogen-bond donors (Lipinski definition) is 1. The van der Waals surface area contributed by atoms with Gasteiger partial charge in [0.05, 0.1) is 50.4 Å². The van der Waals surface area contributed by atoms with E-state index in [1.54, 1.807) is 64.7 Å². The van der Waals surface area contributed by atoms with Gasteiger partial charge in [-0.3, -0.25) is 10.1 Å². The summed E-state index contributed by atoms with van der Waals surface area (Å²) >= 11 is 6.85. The van der Waals surface area contributed by atoms with Crippen LogP contribution < -0.4 is 19.5 Å². The molecule has 0 atom stereocenters. The third-order valence-corrected chi connectivity index (χ3v) is 7.84. The van der Waals surface area contributed by atoms with E-state index in [-0.39, 0.29) is 6.61 Å². The van der Waals surface area contributed by atoms with Crippen molar-refractivity contribution < 1.29 is 33.2 Å². The number of rotatable bonds is 11. The van der Waals surface area contributed by atoms with E-state index in [4.69, 9.17) is 18.7 Å². The minimum absolute atomic E-state index is 0.0824. The Kier molecular flexibility index (Phi) is 12.3. The van der Waals surface area contributed by atoms with Crippen LogP contribution in [0.15, 0.2) is 92.2 Å². The highest BCUT2D eigenvalue weighted by Gasteiger charge is 2.23. The van der Waals surface area contributed by atoms with Gasteiger partial charge in [-0.05, 0) is 82.1 Å². The normalized spacial score (nSPS) is 10.9. The number of para-hydroxylation sites is 2. The number of benzene rings is 3. The fourth-order valence-electron chi connectivity index (χ4n) is 4.24. The van der Waals surface area contributed by atoms with Gasteiger partial charge in [0.2, 0.25) is 11.6 Å². The molecule has 5 rings (SSSR count). The molecule has 0 bridgehead atoms. The lowest BCUT2D eigenvalue weighted by Crippen LogP contribution is -2.16. The lowest BCUT2D eigenvalue weighted by atomic mass is 10.1. The number of halogens is 2. The molecule has 0 aliphatic heterocycles. The molecule has 0 aliphatic carbocycles. The van der Waals surface area contributed by atoms with Crippen LogP contribution in [0.25, 0.3) is 28.7 Å². The number of carbonyl (C=O) groups excluding carboxylic acids is 1. The first kappa shape index (κ1) is 35.6. The summed E-state index contributed by atoms with van der Waals surface area (Å²) < 4.78 is 29.9. The highest BCUT2D eigenvalue weighted by Crippen LogP contribution is 2.41. The third kappa shape index (κ3) is 8.38. The first-order valence-electron chi connectivity index (χ1n) is 14.1. The van der Waals surface area contributed by atoms with Crippen molar-refractivity contribution in [1.29, 1.82) is 0 Å². The van der Waals surface area contributed by atoms with E-state index in [0.717, 1.165) is 26.7 Å². The molecule has 0 radical (unpaired) electrons. The van der Waals surface area contributed by atoms with Crippen molar-refractivity contribution in [2.24, 2.45) is 0 Å². The van der Waals surface area contributed by atoms with Crippen LogP contribution in [0.1, 0.15) is 12.7 Å². The number of nitrogens with one attached hydrogen (secondary N) is 1. The Morgan fingerprint density at radius 1 is 1.00 bits per heavy atom. The van der Waals surface area contributed by atoms with Gasteiger partial charge >= 0.3 is 11.7 Å². The van der Waals surface area contributed by atoms with Crippen molar-refractivity contribution in [2.75, 3.05) is 33.3 Å². The van der Waals surface area contributed by atoms with Crippen molar-refractivity contribution in [3.05, 3.63) is 104 Å². The molecule has 16 heteroatoms. The van der Waals surface area contributed by atoms with Gasteiger partial charge in [0.15, 0.2) is 11.5 Å². The van der Waals surface area contributed by atoms with E-state index in [9.17, 15) is 14.9 Å². The van der Waals surface area contributed by atoms with Crippen molar-refractivity contribution in [2.45, 2.75) is 13.8 Å². The number of anilines is 1. The number of imidazole rings is 1. The molecule has 0 aliphatic rings. The van der Waals surface area contributed by atoms with Crippen molar-refractivity contribution in [3.8, 4) is 45.9 Å². The van der Waals surface area contributed by atoms with E-state index >= 15 is 0 Å². The summed E-state index contributed by atoms with van der Waals surface area (Å²) in [6.07, 6.45) is 2.87. The van der Waals surface area contributed by atoms with Crippen LogP contribution in [0.3, 0.4) is 0 Å². The lowest BCUT2D eigenvalue weighted by molar-refractivity contribution is -0.421. The summed E-state index contributed by atoms with van der Waals surface area (Å²) in [6, 6.07) is 18.5. The molecule has 2 heterocycles. The number of aromatic nitrogens is 4. The van der Waals surface area contributed by atoms with E-state index < -0.39 is 16.6 Å². The number of hydrogen-bond acceptors (Lipinski definition) is 12. The van der Waals surface area contributed by atoms with Crippen molar-refractivity contribution in [3.63, 3.8) is 0 Å². The van der Waals surface area contributed by atoms with Gasteiger partial charge in [-0.15, -0.1) is 0 Å². The number of carbonyl (C=O) groups is 1. The van der Waals surface area contributed by atoms with Gasteiger partial charge in [-0.2, -0.15) is 4.98 Å². The van der Waals surface area contributed by atoms with Crippen molar-refractivity contribution in [1.82, 2.24) is 19.7 Å². The molecule has 0 spiro atoms. The van der Waals surface area contributed by atoms with Crippen LogP contribution in [0.4, 0.5) is 5.69 Å². The van der Waals surface area contributed by atoms with E-state index in [1.807, 2.05) is 42.0 Å². The molecule has 250 valence electrons. The quantitative estimate of drug-likeness (QED) is 0.0619. The SMILES string of the molecule is CCOC(=O)C(=CNc1ccccc1Br)[N+](=O)[O-].COc1cc(-c2noc(-c3cn(-c4ccccc4Br)c(C)n3)n2)cc(OC)c1OC. The third-order valence-electron chi connectivity index (χ3n) is 6.48. The fraction of sp³-hybridized carbons (Fsp3) is 0.188. The Balaban J connectivity index is 0.000000248. The molecule has 2 aromatic heterocycles. The largest absolute Gasteiger partial charge is 0.493 e. The molecule has 1 N–H and O–H groups in total. The average Bonchev–Trinajstić information content (AvgIpc) is 3.73. The highest BCUT2D eigenvalue weighted by atomic mass is 79.9. The Morgan fingerprint density at radius 3 is 2.23 bits per heavy atom. The Hall–Kier alpha value is -5.22. The molecule has 0 amide bonds. The molecular formula is C32H30Br2N6O8. The van der Waals surface area contributed by atoms with Crippen LogP contribution in [0, 0.1) is 17.0 Å². The molecular weight excluding hydrogens is 756 g/mol.